The van der Waals surface area contributed by atoms with E-state index in [1.54, 1.807) is 0 Å². The molecule has 5 nitrogen and oxygen atoms in total. The molecule has 0 aromatic carbocycles. The SMILES string of the molecule is COC(=O)[C@@H]1O[C@@]1(C)C(=O)OC. The number of carbonyl (C=O) groups excluding carboxylic acids is 2. The lowest BCUT2D eigenvalue weighted by Gasteiger charge is -2.01. The lowest BCUT2D eigenvalue weighted by Crippen LogP contribution is -2.28. The summed E-state index contributed by atoms with van der Waals surface area (Å²) in [6.45, 7) is 1.49. The second-order valence-corrected chi connectivity index (χ2v) is 2.62. The predicted octanol–water partition coefficient (Wildman–Crippen LogP) is -0.510. The van der Waals surface area contributed by atoms with E-state index in [1.165, 1.54) is 21.1 Å². The van der Waals surface area contributed by atoms with Gasteiger partial charge in [0.1, 0.15) is 0 Å². The third-order valence-corrected chi connectivity index (χ3v) is 1.81. The van der Waals surface area contributed by atoms with Crippen molar-refractivity contribution >= 4 is 11.9 Å². The summed E-state index contributed by atoms with van der Waals surface area (Å²) in [6.07, 6.45) is -0.810. The molecule has 1 heterocycles. The Bertz CT molecular complexity index is 224. The van der Waals surface area contributed by atoms with Crippen LogP contribution in [0.15, 0.2) is 0 Å². The van der Waals surface area contributed by atoms with E-state index in [2.05, 4.69) is 9.47 Å². The van der Waals surface area contributed by atoms with E-state index in [-0.39, 0.29) is 0 Å². The van der Waals surface area contributed by atoms with Gasteiger partial charge in [-0.2, -0.15) is 0 Å². The highest BCUT2D eigenvalue weighted by atomic mass is 16.7. The summed E-state index contributed by atoms with van der Waals surface area (Å²) in [5.74, 6) is -1.11. The predicted molar refractivity (Wildman–Crippen MR) is 37.3 cm³/mol. The molecule has 1 aliphatic heterocycles. The Balaban J connectivity index is 2.59. The molecule has 0 aromatic heterocycles. The summed E-state index contributed by atoms with van der Waals surface area (Å²) >= 11 is 0. The van der Waals surface area contributed by atoms with Crippen LogP contribution in [0.4, 0.5) is 0 Å². The fraction of sp³-hybridized carbons (Fsp3) is 0.714. The summed E-state index contributed by atoms with van der Waals surface area (Å²) in [5.41, 5.74) is -1.14. The first kappa shape index (κ1) is 8.99. The van der Waals surface area contributed by atoms with Crippen molar-refractivity contribution in [1.29, 1.82) is 0 Å². The third kappa shape index (κ3) is 1.16. The van der Waals surface area contributed by atoms with E-state index in [9.17, 15) is 9.59 Å². The van der Waals surface area contributed by atoms with Crippen molar-refractivity contribution in [1.82, 2.24) is 0 Å². The number of epoxide rings is 1. The number of ether oxygens (including phenoxy) is 3. The number of methoxy groups -OCH3 is 2. The van der Waals surface area contributed by atoms with Crippen LogP contribution in [-0.4, -0.2) is 37.9 Å². The van der Waals surface area contributed by atoms with Gasteiger partial charge in [-0.05, 0) is 6.92 Å². The van der Waals surface area contributed by atoms with Gasteiger partial charge < -0.3 is 14.2 Å². The molecule has 5 heteroatoms. The Morgan fingerprint density at radius 3 is 2.33 bits per heavy atom. The topological polar surface area (TPSA) is 65.1 Å². The molecule has 0 saturated carbocycles. The molecular weight excluding hydrogens is 164 g/mol. The van der Waals surface area contributed by atoms with Crippen molar-refractivity contribution in [3.63, 3.8) is 0 Å². The third-order valence-electron chi connectivity index (χ3n) is 1.81. The summed E-state index contributed by atoms with van der Waals surface area (Å²) < 4.78 is 13.7. The van der Waals surface area contributed by atoms with Gasteiger partial charge in [0.25, 0.3) is 0 Å². The van der Waals surface area contributed by atoms with Gasteiger partial charge in [0.2, 0.25) is 0 Å². The standard InChI is InChI=1S/C7H10O5/c1-7(6(9)11-3)4(12-7)5(8)10-2/h4H,1-3H3/t4-,7+/m0/s1. The van der Waals surface area contributed by atoms with Crippen LogP contribution in [0.5, 0.6) is 0 Å². The first-order chi connectivity index (χ1) is 5.56. The average Bonchev–Trinajstić information content (AvgIpc) is 2.76. The molecule has 0 spiro atoms. The van der Waals surface area contributed by atoms with Gasteiger partial charge in [-0.1, -0.05) is 0 Å². The van der Waals surface area contributed by atoms with Crippen molar-refractivity contribution in [2.24, 2.45) is 0 Å². The Hall–Kier alpha value is -1.10. The zero-order valence-corrected chi connectivity index (χ0v) is 7.12. The maximum Gasteiger partial charge on any atom is 0.341 e. The van der Waals surface area contributed by atoms with Gasteiger partial charge in [0.15, 0.2) is 11.7 Å². The normalized spacial score (nSPS) is 32.4. The largest absolute Gasteiger partial charge is 0.467 e. The Morgan fingerprint density at radius 1 is 1.33 bits per heavy atom. The van der Waals surface area contributed by atoms with Crippen molar-refractivity contribution in [3.8, 4) is 0 Å². The summed E-state index contributed by atoms with van der Waals surface area (Å²) in [5, 5.41) is 0. The first-order valence-electron chi connectivity index (χ1n) is 3.40. The lowest BCUT2D eigenvalue weighted by molar-refractivity contribution is -0.147. The molecule has 0 bridgehead atoms. The highest BCUT2D eigenvalue weighted by Crippen LogP contribution is 2.37. The summed E-state index contributed by atoms with van der Waals surface area (Å²) in [4.78, 5) is 21.8. The minimum absolute atomic E-state index is 0.553. The molecule has 0 radical (unpaired) electrons. The highest BCUT2D eigenvalue weighted by molar-refractivity contribution is 5.93. The molecule has 0 amide bonds. The van der Waals surface area contributed by atoms with Crippen LogP contribution in [0.2, 0.25) is 0 Å². The molecule has 0 N–H and O–H groups in total. The molecule has 12 heavy (non-hydrogen) atoms. The van der Waals surface area contributed by atoms with E-state index in [0.717, 1.165) is 0 Å². The van der Waals surface area contributed by atoms with Crippen LogP contribution in [0.25, 0.3) is 0 Å². The van der Waals surface area contributed by atoms with Crippen molar-refractivity contribution in [3.05, 3.63) is 0 Å². The zero-order valence-electron chi connectivity index (χ0n) is 7.12. The van der Waals surface area contributed by atoms with E-state index >= 15 is 0 Å². The van der Waals surface area contributed by atoms with Gasteiger partial charge in [-0.15, -0.1) is 0 Å². The Kier molecular flexibility index (Phi) is 2.06. The molecule has 0 aliphatic carbocycles. The van der Waals surface area contributed by atoms with Crippen LogP contribution >= 0.6 is 0 Å². The van der Waals surface area contributed by atoms with E-state index in [1.807, 2.05) is 0 Å². The summed E-state index contributed by atoms with van der Waals surface area (Å²) in [7, 11) is 2.48. The number of hydrogen-bond donors (Lipinski definition) is 0. The van der Waals surface area contributed by atoms with Crippen LogP contribution in [0.1, 0.15) is 6.92 Å². The van der Waals surface area contributed by atoms with Crippen LogP contribution in [-0.2, 0) is 23.8 Å². The number of carbonyl (C=O) groups is 2. The maximum absolute atomic E-state index is 11.0. The second kappa shape index (κ2) is 2.75. The Morgan fingerprint density at radius 2 is 1.92 bits per heavy atom. The second-order valence-electron chi connectivity index (χ2n) is 2.62. The molecule has 0 unspecified atom stereocenters. The Labute approximate surface area is 69.6 Å². The highest BCUT2D eigenvalue weighted by Gasteiger charge is 2.64. The molecule has 68 valence electrons. The zero-order chi connectivity index (χ0) is 9.35. The average molecular weight is 174 g/mol. The molecule has 1 rings (SSSR count). The van der Waals surface area contributed by atoms with Gasteiger partial charge in [0, 0.05) is 0 Å². The molecule has 2 atom stereocenters. The van der Waals surface area contributed by atoms with Crippen molar-refractivity contribution < 1.29 is 23.8 Å². The smallest absolute Gasteiger partial charge is 0.341 e. The van der Waals surface area contributed by atoms with E-state index in [4.69, 9.17) is 4.74 Å². The fourth-order valence-electron chi connectivity index (χ4n) is 0.949. The summed E-state index contributed by atoms with van der Waals surface area (Å²) in [6, 6.07) is 0. The van der Waals surface area contributed by atoms with Gasteiger partial charge in [-0.3, -0.25) is 0 Å². The number of rotatable bonds is 2. The van der Waals surface area contributed by atoms with Gasteiger partial charge in [-0.25, -0.2) is 9.59 Å². The van der Waals surface area contributed by atoms with Crippen LogP contribution < -0.4 is 0 Å². The molecule has 1 aliphatic rings. The number of hydrogen-bond acceptors (Lipinski definition) is 5. The number of esters is 2. The van der Waals surface area contributed by atoms with E-state index in [0.29, 0.717) is 0 Å². The van der Waals surface area contributed by atoms with Crippen LogP contribution in [0, 0.1) is 0 Å². The fourth-order valence-corrected chi connectivity index (χ4v) is 0.949. The molecule has 0 aromatic rings. The maximum atomic E-state index is 11.0. The van der Waals surface area contributed by atoms with Crippen molar-refractivity contribution in [2.45, 2.75) is 18.6 Å². The first-order valence-corrected chi connectivity index (χ1v) is 3.40. The molecule has 1 fully saturated rings. The van der Waals surface area contributed by atoms with E-state index < -0.39 is 23.6 Å². The lowest BCUT2D eigenvalue weighted by atomic mass is 10.1. The molecule has 1 saturated heterocycles. The van der Waals surface area contributed by atoms with Crippen LogP contribution in [0.3, 0.4) is 0 Å². The molecular formula is C7H10O5. The minimum atomic E-state index is -1.14. The minimum Gasteiger partial charge on any atom is -0.467 e. The quantitative estimate of drug-likeness (QED) is 0.416. The van der Waals surface area contributed by atoms with Crippen molar-refractivity contribution in [2.75, 3.05) is 14.2 Å². The van der Waals surface area contributed by atoms with Gasteiger partial charge >= 0.3 is 11.9 Å². The monoisotopic (exact) mass is 174 g/mol. The van der Waals surface area contributed by atoms with Gasteiger partial charge in [0.05, 0.1) is 14.2 Å².